The summed E-state index contributed by atoms with van der Waals surface area (Å²) in [4.78, 5) is 22.7. The number of aliphatic hydroxyl groups excluding tert-OH is 1. The number of carbonyl (C=O) groups excluding carboxylic acids is 2. The van der Waals surface area contributed by atoms with Gasteiger partial charge in [0.1, 0.15) is 6.10 Å². The Labute approximate surface area is 164 Å². The van der Waals surface area contributed by atoms with Gasteiger partial charge in [-0.3, -0.25) is 9.59 Å². The number of ether oxygens (including phenoxy) is 4. The molecule has 2 rings (SSSR count). The number of carbonyl (C=O) groups is 2. The summed E-state index contributed by atoms with van der Waals surface area (Å²) >= 11 is 0. The number of nitrogens with zero attached hydrogens (tertiary/aromatic N) is 1. The van der Waals surface area contributed by atoms with Crippen molar-refractivity contribution in [2.75, 3.05) is 0 Å². The van der Waals surface area contributed by atoms with Gasteiger partial charge in [-0.2, -0.15) is 5.06 Å². The van der Waals surface area contributed by atoms with Crippen LogP contribution in [0.15, 0.2) is 0 Å². The van der Waals surface area contributed by atoms with Crippen molar-refractivity contribution in [1.82, 2.24) is 5.06 Å². The molecular weight excluding hydrogens is 372 g/mol. The summed E-state index contributed by atoms with van der Waals surface area (Å²) in [6, 6.07) is -1.03. The molecule has 10 nitrogen and oxygen atoms in total. The molecule has 0 amide bonds. The van der Waals surface area contributed by atoms with Crippen molar-refractivity contribution in [3.63, 3.8) is 0 Å². The smallest absolute Gasteiger partial charge is 0.305 e. The molecule has 4 N–H and O–H groups in total. The third-order valence-electron chi connectivity index (χ3n) is 5.09. The number of hydroxylamine groups is 2. The molecule has 2 fully saturated rings. The quantitative estimate of drug-likeness (QED) is 0.559. The van der Waals surface area contributed by atoms with Crippen LogP contribution in [0.3, 0.4) is 0 Å². The van der Waals surface area contributed by atoms with E-state index in [2.05, 4.69) is 0 Å². The van der Waals surface area contributed by atoms with E-state index in [1.807, 2.05) is 27.7 Å². The monoisotopic (exact) mass is 404 g/mol. The molecule has 0 aromatic rings. The number of esters is 2. The van der Waals surface area contributed by atoms with Crippen molar-refractivity contribution in [2.24, 2.45) is 5.73 Å². The predicted octanol–water partition coefficient (Wildman–Crippen LogP) is 0.279. The van der Waals surface area contributed by atoms with Gasteiger partial charge < -0.3 is 35.0 Å². The van der Waals surface area contributed by atoms with Gasteiger partial charge >= 0.3 is 11.9 Å². The van der Waals surface area contributed by atoms with Crippen molar-refractivity contribution in [3.8, 4) is 0 Å². The normalized spacial score (nSPS) is 36.0. The highest BCUT2D eigenvalue weighted by molar-refractivity contribution is 5.67. The van der Waals surface area contributed by atoms with E-state index in [4.69, 9.17) is 24.7 Å². The summed E-state index contributed by atoms with van der Waals surface area (Å²) in [6.07, 6.45) is -4.41. The molecule has 10 heteroatoms. The lowest BCUT2D eigenvalue weighted by atomic mass is 9.80. The zero-order valence-electron chi connectivity index (χ0n) is 17.2. The van der Waals surface area contributed by atoms with Gasteiger partial charge in [0.15, 0.2) is 12.4 Å². The molecule has 2 heterocycles. The van der Waals surface area contributed by atoms with Crippen LogP contribution in [0, 0.1) is 0 Å². The lowest BCUT2D eigenvalue weighted by molar-refractivity contribution is -0.338. The summed E-state index contributed by atoms with van der Waals surface area (Å²) in [6.45, 7) is 9.89. The van der Waals surface area contributed by atoms with E-state index >= 15 is 0 Å². The average Bonchev–Trinajstić information content (AvgIpc) is 2.52. The first-order valence-corrected chi connectivity index (χ1v) is 9.33. The molecule has 0 bridgehead atoms. The largest absolute Gasteiger partial charge is 0.453 e. The van der Waals surface area contributed by atoms with E-state index in [1.54, 1.807) is 0 Å². The van der Waals surface area contributed by atoms with E-state index in [9.17, 15) is 19.9 Å². The molecule has 0 radical (unpaired) electrons. The molecule has 0 saturated carbocycles. The van der Waals surface area contributed by atoms with Gasteiger partial charge in [-0.25, -0.2) is 0 Å². The Hall–Kier alpha value is -1.30. The van der Waals surface area contributed by atoms with Gasteiger partial charge in [0.25, 0.3) is 0 Å². The van der Waals surface area contributed by atoms with Crippen molar-refractivity contribution in [1.29, 1.82) is 0 Å². The van der Waals surface area contributed by atoms with Crippen molar-refractivity contribution in [2.45, 2.75) is 102 Å². The third kappa shape index (κ3) is 5.00. The standard InChI is InChI=1S/C18H32N2O8/c1-9(21)25-14-13(23)12(19)15(28-16(14)26-10(2)22)27-11-7-17(3,4)20(24)18(5,6)8-11/h11-16,23-24H,7-8,19H2,1-6H3. The fraction of sp³-hybridized carbons (Fsp3) is 0.889. The second-order valence-electron chi connectivity index (χ2n) is 8.73. The minimum absolute atomic E-state index is 0.333. The van der Waals surface area contributed by atoms with Crippen LogP contribution in [0.5, 0.6) is 0 Å². The van der Waals surface area contributed by atoms with Crippen molar-refractivity contribution < 1.29 is 38.9 Å². The molecule has 2 saturated heterocycles. The molecule has 5 unspecified atom stereocenters. The van der Waals surface area contributed by atoms with Crippen LogP contribution < -0.4 is 5.73 Å². The van der Waals surface area contributed by atoms with E-state index < -0.39 is 53.8 Å². The Bertz CT molecular complexity index is 578. The highest BCUT2D eigenvalue weighted by Gasteiger charge is 2.51. The maximum absolute atomic E-state index is 11.4. The number of nitrogens with two attached hydrogens (primary N) is 1. The summed E-state index contributed by atoms with van der Waals surface area (Å²) in [5.41, 5.74) is 4.96. The van der Waals surface area contributed by atoms with Gasteiger partial charge in [-0.05, 0) is 40.5 Å². The van der Waals surface area contributed by atoms with Gasteiger partial charge in [-0.1, -0.05) is 0 Å². The van der Waals surface area contributed by atoms with Crippen LogP contribution in [-0.2, 0) is 28.5 Å². The number of hydrogen-bond acceptors (Lipinski definition) is 10. The lowest BCUT2D eigenvalue weighted by Gasteiger charge is -2.52. The van der Waals surface area contributed by atoms with E-state index in [0.717, 1.165) is 0 Å². The third-order valence-corrected chi connectivity index (χ3v) is 5.09. The second kappa shape index (κ2) is 8.21. The molecule has 5 atom stereocenters. The fourth-order valence-corrected chi connectivity index (χ4v) is 4.00. The van der Waals surface area contributed by atoms with Crippen LogP contribution in [0.25, 0.3) is 0 Å². The molecule has 162 valence electrons. The molecule has 0 aromatic carbocycles. The Balaban J connectivity index is 2.17. The number of aliphatic hydroxyl groups is 1. The number of rotatable bonds is 4. The zero-order valence-corrected chi connectivity index (χ0v) is 17.2. The van der Waals surface area contributed by atoms with Crippen LogP contribution in [-0.4, -0.2) is 75.3 Å². The van der Waals surface area contributed by atoms with Crippen LogP contribution in [0.1, 0.15) is 54.4 Å². The minimum atomic E-state index is -1.36. The van der Waals surface area contributed by atoms with Gasteiger partial charge in [0, 0.05) is 24.9 Å². The highest BCUT2D eigenvalue weighted by Crippen LogP contribution is 2.39. The summed E-state index contributed by atoms with van der Waals surface area (Å²) in [7, 11) is 0. The molecule has 28 heavy (non-hydrogen) atoms. The highest BCUT2D eigenvalue weighted by atomic mass is 16.8. The summed E-state index contributed by atoms with van der Waals surface area (Å²) < 4.78 is 21.8. The SMILES string of the molecule is CC(=O)OC1OC(OC2CC(C)(C)N(O)C(C)(C)C2)C(N)C(O)C1OC(C)=O. The second-order valence-corrected chi connectivity index (χ2v) is 8.73. The Morgan fingerprint density at radius 3 is 2.00 bits per heavy atom. The lowest BCUT2D eigenvalue weighted by Crippen LogP contribution is -2.65. The van der Waals surface area contributed by atoms with Crippen LogP contribution >= 0.6 is 0 Å². The van der Waals surface area contributed by atoms with E-state index in [-0.39, 0.29) is 6.10 Å². The fourth-order valence-electron chi connectivity index (χ4n) is 4.00. The first kappa shape index (κ1) is 23.0. The Morgan fingerprint density at radius 1 is 1.04 bits per heavy atom. The average molecular weight is 404 g/mol. The Kier molecular flexibility index (Phi) is 6.74. The van der Waals surface area contributed by atoms with E-state index in [1.165, 1.54) is 18.9 Å². The summed E-state index contributed by atoms with van der Waals surface area (Å²) in [5.74, 6) is -1.34. The topological polar surface area (TPSA) is 141 Å². The van der Waals surface area contributed by atoms with Gasteiger partial charge in [0.2, 0.25) is 6.29 Å². The maximum Gasteiger partial charge on any atom is 0.305 e. The summed E-state index contributed by atoms with van der Waals surface area (Å²) in [5, 5.41) is 22.2. The molecule has 0 aliphatic carbocycles. The Morgan fingerprint density at radius 2 is 1.54 bits per heavy atom. The molecule has 0 aromatic heterocycles. The first-order valence-electron chi connectivity index (χ1n) is 9.33. The zero-order chi connectivity index (χ0) is 21.4. The first-order chi connectivity index (χ1) is 12.7. The molecule has 2 aliphatic rings. The maximum atomic E-state index is 11.4. The van der Waals surface area contributed by atoms with Crippen molar-refractivity contribution in [3.05, 3.63) is 0 Å². The van der Waals surface area contributed by atoms with E-state index in [0.29, 0.717) is 12.8 Å². The molecule has 0 spiro atoms. The minimum Gasteiger partial charge on any atom is -0.453 e. The van der Waals surface area contributed by atoms with Crippen LogP contribution in [0.4, 0.5) is 0 Å². The number of piperidine rings is 1. The van der Waals surface area contributed by atoms with Crippen LogP contribution in [0.2, 0.25) is 0 Å². The molecular formula is C18H32N2O8. The van der Waals surface area contributed by atoms with Gasteiger partial charge in [0.05, 0.1) is 12.1 Å². The van der Waals surface area contributed by atoms with Crippen molar-refractivity contribution >= 4 is 11.9 Å². The molecule has 2 aliphatic heterocycles. The number of hydrogen-bond donors (Lipinski definition) is 3. The van der Waals surface area contributed by atoms with Gasteiger partial charge in [-0.15, -0.1) is 0 Å². The predicted molar refractivity (Wildman–Crippen MR) is 95.9 cm³/mol.